The van der Waals surface area contributed by atoms with Crippen molar-refractivity contribution in [2.75, 3.05) is 0 Å². The molecule has 0 aromatic carbocycles. The number of rotatable bonds is 4. The van der Waals surface area contributed by atoms with Gasteiger partial charge in [0, 0.05) is 11.8 Å². The Morgan fingerprint density at radius 2 is 1.38 bits per heavy atom. The predicted octanol–water partition coefficient (Wildman–Crippen LogP) is 4.52. The maximum atomic E-state index is 14.0. The molecule has 0 bridgehead atoms. The fraction of sp³-hybridized carbons (Fsp3) is 0.857. The lowest BCUT2D eigenvalue weighted by atomic mass is 9.79. The van der Waals surface area contributed by atoms with Crippen molar-refractivity contribution in [1.29, 1.82) is 0 Å². The van der Waals surface area contributed by atoms with Crippen molar-refractivity contribution in [3.8, 4) is 0 Å². The Morgan fingerprint density at radius 1 is 1.00 bits per heavy atom. The molecular formula is C14H25F2NO4. The molecule has 2 N–H and O–H groups in total. The minimum absolute atomic E-state index is 0.221. The van der Waals surface area contributed by atoms with Gasteiger partial charge in [-0.3, -0.25) is 0 Å². The van der Waals surface area contributed by atoms with Gasteiger partial charge in [-0.2, -0.15) is 0 Å². The van der Waals surface area contributed by atoms with Gasteiger partial charge in [-0.15, -0.1) is 0 Å². The monoisotopic (exact) mass is 309 g/mol. The van der Waals surface area contributed by atoms with Crippen LogP contribution >= 0.6 is 0 Å². The fourth-order valence-electron chi connectivity index (χ4n) is 1.99. The minimum atomic E-state index is -3.01. The number of nitrogens with zero attached hydrogens (tertiary/aromatic N) is 1. The standard InChI is InChI=1S/C14H25F2NO4/c1-12(2,3)9(17(10(18)19)11(20)21)7-8-14(15,16)13(4,5)6/h9H,7-8H2,1-6H3,(H,18,19)(H,20,21). The zero-order chi connectivity index (χ0) is 17.2. The zero-order valence-corrected chi connectivity index (χ0v) is 13.4. The lowest BCUT2D eigenvalue weighted by molar-refractivity contribution is -0.108. The average molecular weight is 309 g/mol. The summed E-state index contributed by atoms with van der Waals surface area (Å²) in [5, 5.41) is 18.0. The topological polar surface area (TPSA) is 77.8 Å². The minimum Gasteiger partial charge on any atom is -0.465 e. The van der Waals surface area contributed by atoms with Gasteiger partial charge < -0.3 is 10.2 Å². The summed E-state index contributed by atoms with van der Waals surface area (Å²) in [4.78, 5) is 22.4. The van der Waals surface area contributed by atoms with Crippen molar-refractivity contribution >= 4 is 12.2 Å². The summed E-state index contributed by atoms with van der Waals surface area (Å²) in [6.07, 6.45) is -4.11. The number of hydrogen-bond donors (Lipinski definition) is 2. The average Bonchev–Trinajstić information content (AvgIpc) is 2.18. The second-order valence-electron chi connectivity index (χ2n) is 7.31. The summed E-state index contributed by atoms with van der Waals surface area (Å²) in [5.41, 5.74) is -2.04. The maximum Gasteiger partial charge on any atom is 0.417 e. The van der Waals surface area contributed by atoms with E-state index in [0.29, 0.717) is 0 Å². The van der Waals surface area contributed by atoms with Gasteiger partial charge in [0.1, 0.15) is 0 Å². The van der Waals surface area contributed by atoms with Crippen molar-refractivity contribution in [2.45, 2.75) is 66.3 Å². The molecule has 0 aliphatic heterocycles. The van der Waals surface area contributed by atoms with Crippen LogP contribution in [0.3, 0.4) is 0 Å². The number of hydrogen-bond acceptors (Lipinski definition) is 2. The number of carboxylic acid groups (broad SMARTS) is 2. The van der Waals surface area contributed by atoms with Crippen molar-refractivity contribution in [1.82, 2.24) is 4.90 Å². The third-order valence-corrected chi connectivity index (χ3v) is 3.55. The first-order valence-corrected chi connectivity index (χ1v) is 6.74. The van der Waals surface area contributed by atoms with E-state index >= 15 is 0 Å². The van der Waals surface area contributed by atoms with E-state index in [0.717, 1.165) is 0 Å². The normalized spacial score (nSPS) is 14.7. The van der Waals surface area contributed by atoms with Crippen LogP contribution in [0, 0.1) is 10.8 Å². The third kappa shape index (κ3) is 5.13. The number of amides is 2. The first kappa shape index (κ1) is 19.6. The summed E-state index contributed by atoms with van der Waals surface area (Å²) >= 11 is 0. The lowest BCUT2D eigenvalue weighted by Crippen LogP contribution is -2.50. The van der Waals surface area contributed by atoms with E-state index in [1.54, 1.807) is 20.8 Å². The number of carbonyl (C=O) groups is 2. The van der Waals surface area contributed by atoms with Crippen LogP contribution in [0.2, 0.25) is 0 Å². The summed E-state index contributed by atoms with van der Waals surface area (Å²) in [6.45, 7) is 9.07. The molecule has 1 unspecified atom stereocenters. The van der Waals surface area contributed by atoms with Gasteiger partial charge >= 0.3 is 12.2 Å². The Morgan fingerprint density at radius 3 is 1.62 bits per heavy atom. The molecule has 124 valence electrons. The second-order valence-corrected chi connectivity index (χ2v) is 7.31. The van der Waals surface area contributed by atoms with E-state index in [2.05, 4.69) is 0 Å². The Hall–Kier alpha value is -1.40. The SMILES string of the molecule is CC(C)(C)C(CCC(F)(F)C(C)(C)C)N(C(=O)O)C(=O)O. The van der Waals surface area contributed by atoms with E-state index in [4.69, 9.17) is 10.2 Å². The molecule has 21 heavy (non-hydrogen) atoms. The highest BCUT2D eigenvalue weighted by atomic mass is 19.3. The number of halogens is 2. The van der Waals surface area contributed by atoms with Gasteiger partial charge in [-0.05, 0) is 11.8 Å². The summed E-state index contributed by atoms with van der Waals surface area (Å²) in [7, 11) is 0. The molecule has 1 atom stereocenters. The molecule has 0 saturated carbocycles. The molecule has 0 aromatic heterocycles. The fourth-order valence-corrected chi connectivity index (χ4v) is 1.99. The molecule has 0 aliphatic rings. The molecule has 0 radical (unpaired) electrons. The first-order chi connectivity index (χ1) is 9.11. The molecule has 0 aromatic rings. The molecule has 2 amide bonds. The summed E-state index contributed by atoms with van der Waals surface area (Å²) in [5.74, 6) is -3.01. The van der Waals surface area contributed by atoms with Crippen LogP contribution in [0.4, 0.5) is 18.4 Å². The van der Waals surface area contributed by atoms with Crippen LogP contribution in [-0.2, 0) is 0 Å². The molecular weight excluding hydrogens is 284 g/mol. The molecule has 0 fully saturated rings. The van der Waals surface area contributed by atoms with Crippen LogP contribution in [0.15, 0.2) is 0 Å². The first-order valence-electron chi connectivity index (χ1n) is 6.74. The van der Waals surface area contributed by atoms with E-state index in [-0.39, 0.29) is 11.3 Å². The van der Waals surface area contributed by atoms with E-state index in [1.165, 1.54) is 20.8 Å². The van der Waals surface area contributed by atoms with E-state index < -0.39 is 41.4 Å². The largest absolute Gasteiger partial charge is 0.465 e. The van der Waals surface area contributed by atoms with Crippen LogP contribution in [0.5, 0.6) is 0 Å². The molecule has 0 saturated heterocycles. The smallest absolute Gasteiger partial charge is 0.417 e. The molecule has 0 aliphatic carbocycles. The van der Waals surface area contributed by atoms with Crippen LogP contribution in [0.25, 0.3) is 0 Å². The van der Waals surface area contributed by atoms with E-state index in [9.17, 15) is 18.4 Å². The molecule has 0 spiro atoms. The van der Waals surface area contributed by atoms with Gasteiger partial charge in [0.05, 0.1) is 6.04 Å². The van der Waals surface area contributed by atoms with Crippen molar-refractivity contribution in [3.63, 3.8) is 0 Å². The lowest BCUT2D eigenvalue weighted by Gasteiger charge is -2.38. The maximum absolute atomic E-state index is 14.0. The Bertz CT molecular complexity index is 383. The molecule has 0 rings (SSSR count). The second kappa shape index (κ2) is 6.15. The quantitative estimate of drug-likeness (QED) is 0.800. The summed E-state index contributed by atoms with van der Waals surface area (Å²) < 4.78 is 28.1. The summed E-state index contributed by atoms with van der Waals surface area (Å²) in [6, 6.07) is -1.04. The highest BCUT2D eigenvalue weighted by molar-refractivity contribution is 5.86. The Kier molecular flexibility index (Phi) is 5.74. The van der Waals surface area contributed by atoms with Crippen LogP contribution < -0.4 is 0 Å². The highest BCUT2D eigenvalue weighted by Crippen LogP contribution is 2.41. The van der Waals surface area contributed by atoms with Gasteiger partial charge in [-0.25, -0.2) is 23.3 Å². The van der Waals surface area contributed by atoms with Gasteiger partial charge in [0.15, 0.2) is 0 Å². The Labute approximate surface area is 123 Å². The Balaban J connectivity index is 5.32. The number of alkyl halides is 2. The van der Waals surface area contributed by atoms with E-state index in [1.807, 2.05) is 0 Å². The number of imide groups is 1. The van der Waals surface area contributed by atoms with Crippen molar-refractivity contribution in [3.05, 3.63) is 0 Å². The van der Waals surface area contributed by atoms with Crippen molar-refractivity contribution in [2.24, 2.45) is 10.8 Å². The van der Waals surface area contributed by atoms with Gasteiger partial charge in [0.25, 0.3) is 5.92 Å². The van der Waals surface area contributed by atoms with Crippen LogP contribution in [0.1, 0.15) is 54.4 Å². The van der Waals surface area contributed by atoms with Gasteiger partial charge in [0.2, 0.25) is 0 Å². The molecule has 5 nitrogen and oxygen atoms in total. The predicted molar refractivity (Wildman–Crippen MR) is 74.8 cm³/mol. The zero-order valence-electron chi connectivity index (χ0n) is 13.4. The highest BCUT2D eigenvalue weighted by Gasteiger charge is 2.45. The molecule has 7 heteroatoms. The molecule has 0 heterocycles. The third-order valence-electron chi connectivity index (χ3n) is 3.55. The van der Waals surface area contributed by atoms with Crippen LogP contribution in [-0.4, -0.2) is 39.3 Å². The van der Waals surface area contributed by atoms with Crippen molar-refractivity contribution < 1.29 is 28.6 Å². The van der Waals surface area contributed by atoms with Gasteiger partial charge in [-0.1, -0.05) is 41.5 Å².